The van der Waals surface area contributed by atoms with Crippen LogP contribution in [0.15, 0.2) is 212 Å². The van der Waals surface area contributed by atoms with E-state index in [1.54, 1.807) is 0 Å². The molecule has 0 amide bonds. The molecule has 0 aliphatic carbocycles. The Bertz CT molecular complexity index is 4370. The van der Waals surface area contributed by atoms with E-state index in [1.165, 1.54) is 12.1 Å². The first-order chi connectivity index (χ1) is 36.0. The van der Waals surface area contributed by atoms with Crippen molar-refractivity contribution in [3.63, 3.8) is 0 Å². The van der Waals surface area contributed by atoms with E-state index in [2.05, 4.69) is 75.9 Å². The van der Waals surface area contributed by atoms with E-state index in [9.17, 15) is 18.4 Å². The van der Waals surface area contributed by atoms with Crippen molar-refractivity contribution in [2.45, 2.75) is 12.4 Å². The van der Waals surface area contributed by atoms with Crippen molar-refractivity contribution in [1.29, 1.82) is 5.26 Å². The van der Waals surface area contributed by atoms with Crippen LogP contribution in [0.3, 0.4) is 0 Å². The Balaban J connectivity index is 1.07. The highest BCUT2D eigenvalue weighted by Crippen LogP contribution is 2.46. The first-order valence-corrected chi connectivity index (χ1v) is 23.9. The molecule has 0 fully saturated rings. The van der Waals surface area contributed by atoms with Crippen LogP contribution in [0.5, 0.6) is 0 Å². The van der Waals surface area contributed by atoms with Crippen molar-refractivity contribution in [3.05, 3.63) is 229 Å². The summed E-state index contributed by atoms with van der Waals surface area (Å²) in [5.74, 6) is 0. The molecule has 0 unspecified atom stereocenters. The number of alkyl halides is 6. The molecule has 0 aliphatic rings. The lowest BCUT2D eigenvalue weighted by atomic mass is 9.94. The molecular weight excluding hydrogens is 941 g/mol. The van der Waals surface area contributed by atoms with Gasteiger partial charge in [-0.1, -0.05) is 115 Å². The van der Waals surface area contributed by atoms with Crippen LogP contribution in [-0.4, -0.2) is 18.3 Å². The third-order valence-corrected chi connectivity index (χ3v) is 14.6. The van der Waals surface area contributed by atoms with Gasteiger partial charge >= 0.3 is 12.4 Å². The zero-order valence-electron chi connectivity index (χ0n) is 38.7. The Hall–Kier alpha value is -9.53. The first-order valence-electron chi connectivity index (χ1n) is 23.9. The van der Waals surface area contributed by atoms with Gasteiger partial charge in [0, 0.05) is 54.5 Å². The molecular formula is C63H35F6N5. The molecule has 0 saturated carbocycles. The third kappa shape index (κ3) is 6.31. The fourth-order valence-corrected chi connectivity index (χ4v) is 11.6. The van der Waals surface area contributed by atoms with Gasteiger partial charge in [-0.15, -0.1) is 0 Å². The predicted molar refractivity (Wildman–Crippen MR) is 284 cm³/mol. The van der Waals surface area contributed by atoms with Gasteiger partial charge in [-0.3, -0.25) is 0 Å². The second-order valence-corrected chi connectivity index (χ2v) is 18.6. The van der Waals surface area contributed by atoms with E-state index in [-0.39, 0.29) is 28.6 Å². The second-order valence-electron chi connectivity index (χ2n) is 18.6. The van der Waals surface area contributed by atoms with Gasteiger partial charge in [-0.05, 0) is 108 Å². The van der Waals surface area contributed by atoms with E-state index in [0.717, 1.165) is 82.6 Å². The molecule has 354 valence electrons. The van der Waals surface area contributed by atoms with E-state index < -0.39 is 29.0 Å². The molecule has 0 bridgehead atoms. The summed E-state index contributed by atoms with van der Waals surface area (Å²) in [4.78, 5) is 0. The van der Waals surface area contributed by atoms with Crippen LogP contribution >= 0.6 is 0 Å². The molecule has 14 rings (SSSR count). The fourth-order valence-electron chi connectivity index (χ4n) is 11.6. The molecule has 4 aromatic heterocycles. The number of aromatic nitrogens is 4. The van der Waals surface area contributed by atoms with Gasteiger partial charge in [0.15, 0.2) is 0 Å². The van der Waals surface area contributed by atoms with Crippen LogP contribution in [0, 0.1) is 11.3 Å². The van der Waals surface area contributed by atoms with Gasteiger partial charge < -0.3 is 18.3 Å². The Morgan fingerprint density at radius 2 is 0.662 bits per heavy atom. The monoisotopic (exact) mass is 975 g/mol. The minimum Gasteiger partial charge on any atom is -0.309 e. The molecule has 0 radical (unpaired) electrons. The quantitative estimate of drug-likeness (QED) is 0.159. The van der Waals surface area contributed by atoms with Crippen LogP contribution in [0.25, 0.3) is 121 Å². The molecule has 0 aliphatic heterocycles. The number of benzene rings is 10. The van der Waals surface area contributed by atoms with Crippen molar-refractivity contribution in [1.82, 2.24) is 18.3 Å². The summed E-state index contributed by atoms with van der Waals surface area (Å²) in [6.45, 7) is 0. The highest BCUT2D eigenvalue weighted by Gasteiger charge is 2.39. The average Bonchev–Trinajstić information content (AvgIpc) is 4.14. The number of rotatable bonds is 5. The van der Waals surface area contributed by atoms with Crippen LogP contribution in [0.4, 0.5) is 26.3 Å². The smallest absolute Gasteiger partial charge is 0.309 e. The summed E-state index contributed by atoms with van der Waals surface area (Å²) in [6, 6.07) is 67.3. The lowest BCUT2D eigenvalue weighted by Gasteiger charge is -2.21. The van der Waals surface area contributed by atoms with Gasteiger partial charge in [0.05, 0.1) is 66.6 Å². The molecule has 0 saturated heterocycles. The molecule has 10 aromatic carbocycles. The molecule has 5 nitrogen and oxygen atoms in total. The first kappa shape index (κ1) is 43.3. The molecule has 11 heteroatoms. The maximum absolute atomic E-state index is 15.3. The van der Waals surface area contributed by atoms with Crippen LogP contribution in [0.1, 0.15) is 16.7 Å². The summed E-state index contributed by atoms with van der Waals surface area (Å²) in [5.41, 5.74) is 5.68. The summed E-state index contributed by atoms with van der Waals surface area (Å²) >= 11 is 0. The number of hydrogen-bond acceptors (Lipinski definition) is 1. The Morgan fingerprint density at radius 3 is 1.01 bits per heavy atom. The zero-order chi connectivity index (χ0) is 50.2. The molecule has 0 N–H and O–H groups in total. The largest absolute Gasteiger partial charge is 0.417 e. The van der Waals surface area contributed by atoms with Crippen molar-refractivity contribution in [2.24, 2.45) is 0 Å². The maximum atomic E-state index is 15.3. The Morgan fingerprint density at radius 1 is 0.324 bits per heavy atom. The van der Waals surface area contributed by atoms with E-state index in [1.807, 2.05) is 130 Å². The average molecular weight is 976 g/mol. The van der Waals surface area contributed by atoms with Crippen molar-refractivity contribution in [3.8, 4) is 39.9 Å². The van der Waals surface area contributed by atoms with Gasteiger partial charge in [-0.2, -0.15) is 31.6 Å². The SMILES string of the molecule is N#Cc1c(-n2c3ccccc3c3cc(-n4c5ccccc5c5ccccc54)ccc32)cc(-c2ccc(C(F)(F)F)cc2C(F)(F)F)cc1-n1c2ccccc2c2cc(-n3c4ccccc4c4ccccc43)ccc21. The van der Waals surface area contributed by atoms with Gasteiger partial charge in [0.1, 0.15) is 11.6 Å². The molecule has 4 heterocycles. The number of para-hydroxylation sites is 6. The minimum absolute atomic E-state index is 0.0317. The zero-order valence-corrected chi connectivity index (χ0v) is 38.7. The van der Waals surface area contributed by atoms with Crippen molar-refractivity contribution in [2.75, 3.05) is 0 Å². The van der Waals surface area contributed by atoms with Crippen LogP contribution < -0.4 is 0 Å². The Kier molecular flexibility index (Phi) is 9.20. The van der Waals surface area contributed by atoms with Gasteiger partial charge in [-0.25, -0.2) is 0 Å². The lowest BCUT2D eigenvalue weighted by molar-refractivity contribution is -0.142. The Labute approximate surface area is 416 Å². The van der Waals surface area contributed by atoms with Crippen LogP contribution in [-0.2, 0) is 12.4 Å². The predicted octanol–water partition coefficient (Wildman–Crippen LogP) is 17.7. The lowest BCUT2D eigenvalue weighted by Crippen LogP contribution is -2.12. The molecule has 14 aromatic rings. The topological polar surface area (TPSA) is 43.5 Å². The number of hydrogen-bond donors (Lipinski definition) is 0. The third-order valence-electron chi connectivity index (χ3n) is 14.6. The molecule has 74 heavy (non-hydrogen) atoms. The highest BCUT2D eigenvalue weighted by atomic mass is 19.4. The summed E-state index contributed by atoms with van der Waals surface area (Å²) in [6.07, 6.45) is -10.2. The summed E-state index contributed by atoms with van der Waals surface area (Å²) < 4.78 is 96.7. The fraction of sp³-hybridized carbons (Fsp3) is 0.0317. The van der Waals surface area contributed by atoms with Crippen LogP contribution in [0.2, 0.25) is 0 Å². The maximum Gasteiger partial charge on any atom is 0.417 e. The number of halogens is 6. The second kappa shape index (κ2) is 15.7. The van der Waals surface area contributed by atoms with E-state index in [4.69, 9.17) is 0 Å². The normalized spacial score (nSPS) is 12.4. The standard InChI is InChI=1S/C63H35F6N5/c64-62(65,66)38-25-28-41(51(33-38)63(67,68)69)37-31-60(73-56-23-11-5-17-46(56)48-34-39(26-29-58(48)73)71-52-19-7-1-13-42(52)43-14-2-8-20-53(43)71)50(36-70)61(32-37)74-57-24-12-6-18-47(57)49-35-40(27-30-59(49)74)72-54-21-9-3-15-44(54)45-16-4-10-22-55(45)72/h1-35H. The summed E-state index contributed by atoms with van der Waals surface area (Å²) in [5, 5.41) is 19.2. The number of fused-ring (bicyclic) bond motifs is 12. The van der Waals surface area contributed by atoms with E-state index >= 15 is 13.2 Å². The van der Waals surface area contributed by atoms with Gasteiger partial charge in [0.2, 0.25) is 0 Å². The van der Waals surface area contributed by atoms with E-state index in [0.29, 0.717) is 28.1 Å². The number of nitriles is 1. The molecule has 0 spiro atoms. The van der Waals surface area contributed by atoms with Gasteiger partial charge in [0.25, 0.3) is 0 Å². The molecule has 0 atom stereocenters. The van der Waals surface area contributed by atoms with Crippen molar-refractivity contribution >= 4 is 87.2 Å². The number of nitrogens with zero attached hydrogens (tertiary/aromatic N) is 5. The summed E-state index contributed by atoms with van der Waals surface area (Å²) in [7, 11) is 0. The minimum atomic E-state index is -5.18. The van der Waals surface area contributed by atoms with Crippen molar-refractivity contribution < 1.29 is 26.3 Å². The highest BCUT2D eigenvalue weighted by molar-refractivity contribution is 6.14.